The Labute approximate surface area is 116 Å². The van der Waals surface area contributed by atoms with Gasteiger partial charge in [-0.05, 0) is 0 Å². The van der Waals surface area contributed by atoms with Crippen LogP contribution in [0.2, 0.25) is 0 Å². The number of methoxy groups -OCH3 is 2. The second kappa shape index (κ2) is 5.91. The smallest absolute Gasteiger partial charge is 0.329 e. The van der Waals surface area contributed by atoms with Crippen LogP contribution in [0.15, 0.2) is 6.07 Å². The second-order valence-electron chi connectivity index (χ2n) is 4.40. The zero-order valence-corrected chi connectivity index (χ0v) is 11.4. The number of aromatic nitrogens is 2. The van der Waals surface area contributed by atoms with Gasteiger partial charge in [0.05, 0.1) is 20.3 Å². The molecule has 0 bridgehead atoms. The van der Waals surface area contributed by atoms with Gasteiger partial charge < -0.3 is 24.6 Å². The molecule has 20 heavy (non-hydrogen) atoms. The Balaban J connectivity index is 2.28. The molecule has 2 rings (SSSR count). The van der Waals surface area contributed by atoms with Gasteiger partial charge in [0.15, 0.2) is 0 Å². The van der Waals surface area contributed by atoms with E-state index in [4.69, 9.17) is 14.2 Å². The van der Waals surface area contributed by atoms with E-state index in [0.717, 1.165) is 0 Å². The van der Waals surface area contributed by atoms with E-state index >= 15 is 0 Å². The summed E-state index contributed by atoms with van der Waals surface area (Å²) in [5.41, 5.74) is -1.13. The van der Waals surface area contributed by atoms with Gasteiger partial charge in [0, 0.05) is 26.1 Å². The standard InChI is InChI=1S/C12H17N3O5/c1-18-8-7-9(19-2)14-11(13-8)15-12(10(16)17)3-5-20-6-4-12/h7H,3-6H2,1-2H3,(H,16,17)(H,13,14,15). The highest BCUT2D eigenvalue weighted by Gasteiger charge is 2.41. The lowest BCUT2D eigenvalue weighted by molar-refractivity contribution is -0.145. The molecule has 1 fully saturated rings. The topological polar surface area (TPSA) is 103 Å². The van der Waals surface area contributed by atoms with Crippen molar-refractivity contribution in [1.29, 1.82) is 0 Å². The molecule has 0 radical (unpaired) electrons. The summed E-state index contributed by atoms with van der Waals surface area (Å²) in [6, 6.07) is 1.52. The average Bonchev–Trinajstić information content (AvgIpc) is 2.47. The van der Waals surface area contributed by atoms with E-state index < -0.39 is 11.5 Å². The third-order valence-corrected chi connectivity index (χ3v) is 3.20. The van der Waals surface area contributed by atoms with Crippen LogP contribution in [-0.4, -0.2) is 54.0 Å². The fourth-order valence-corrected chi connectivity index (χ4v) is 2.00. The minimum Gasteiger partial charge on any atom is -0.481 e. The maximum Gasteiger partial charge on any atom is 0.329 e. The summed E-state index contributed by atoms with van der Waals surface area (Å²) in [7, 11) is 2.93. The van der Waals surface area contributed by atoms with Gasteiger partial charge in [-0.15, -0.1) is 0 Å². The van der Waals surface area contributed by atoms with Crippen molar-refractivity contribution in [2.45, 2.75) is 18.4 Å². The van der Waals surface area contributed by atoms with Gasteiger partial charge in [0.1, 0.15) is 5.54 Å². The summed E-state index contributed by atoms with van der Waals surface area (Å²) in [5.74, 6) is -0.199. The van der Waals surface area contributed by atoms with Crippen LogP contribution in [0.5, 0.6) is 11.8 Å². The van der Waals surface area contributed by atoms with E-state index in [1.165, 1.54) is 20.3 Å². The number of nitrogens with zero attached hydrogens (tertiary/aromatic N) is 2. The van der Waals surface area contributed by atoms with Gasteiger partial charge in [-0.3, -0.25) is 0 Å². The van der Waals surface area contributed by atoms with Crippen molar-refractivity contribution in [3.05, 3.63) is 6.07 Å². The van der Waals surface area contributed by atoms with Crippen molar-refractivity contribution in [1.82, 2.24) is 9.97 Å². The van der Waals surface area contributed by atoms with E-state index in [0.29, 0.717) is 37.8 Å². The molecule has 0 aromatic carbocycles. The number of hydrogen-bond acceptors (Lipinski definition) is 7. The fraction of sp³-hybridized carbons (Fsp3) is 0.583. The minimum atomic E-state index is -1.13. The molecule has 110 valence electrons. The molecule has 1 saturated heterocycles. The van der Waals surface area contributed by atoms with Gasteiger partial charge in [-0.1, -0.05) is 0 Å². The van der Waals surface area contributed by atoms with E-state index in [-0.39, 0.29) is 5.95 Å². The third kappa shape index (κ3) is 2.90. The Bertz CT molecular complexity index is 466. The van der Waals surface area contributed by atoms with E-state index in [9.17, 15) is 9.90 Å². The lowest BCUT2D eigenvalue weighted by atomic mass is 9.90. The van der Waals surface area contributed by atoms with Gasteiger partial charge in [-0.25, -0.2) is 4.79 Å². The summed E-state index contributed by atoms with van der Waals surface area (Å²) in [6.07, 6.45) is 0.677. The molecule has 0 amide bonds. The molecular formula is C12H17N3O5. The van der Waals surface area contributed by atoms with Crippen LogP contribution in [0, 0.1) is 0 Å². The molecule has 0 spiro atoms. The van der Waals surface area contributed by atoms with Crippen molar-refractivity contribution in [3.8, 4) is 11.8 Å². The maximum atomic E-state index is 11.6. The van der Waals surface area contributed by atoms with Crippen LogP contribution in [0.4, 0.5) is 5.95 Å². The zero-order valence-electron chi connectivity index (χ0n) is 11.4. The number of carboxylic acid groups (broad SMARTS) is 1. The highest BCUT2D eigenvalue weighted by atomic mass is 16.5. The number of ether oxygens (including phenoxy) is 3. The van der Waals surface area contributed by atoms with Crippen LogP contribution in [-0.2, 0) is 9.53 Å². The number of aliphatic carboxylic acids is 1. The first-order chi connectivity index (χ1) is 9.59. The first kappa shape index (κ1) is 14.3. The highest BCUT2D eigenvalue weighted by molar-refractivity contribution is 5.82. The number of hydrogen-bond donors (Lipinski definition) is 2. The summed E-state index contributed by atoms with van der Waals surface area (Å²) < 4.78 is 15.3. The highest BCUT2D eigenvalue weighted by Crippen LogP contribution is 2.27. The molecule has 1 aliphatic rings. The Kier molecular flexibility index (Phi) is 4.23. The fourth-order valence-electron chi connectivity index (χ4n) is 2.00. The summed E-state index contributed by atoms with van der Waals surface area (Å²) >= 11 is 0. The number of carboxylic acids is 1. The van der Waals surface area contributed by atoms with Crippen molar-refractivity contribution in [2.24, 2.45) is 0 Å². The Hall–Kier alpha value is -2.09. The molecule has 0 aliphatic carbocycles. The predicted molar refractivity (Wildman–Crippen MR) is 69.2 cm³/mol. The van der Waals surface area contributed by atoms with Crippen LogP contribution in [0.25, 0.3) is 0 Å². The van der Waals surface area contributed by atoms with Crippen LogP contribution < -0.4 is 14.8 Å². The van der Waals surface area contributed by atoms with Gasteiger partial charge in [-0.2, -0.15) is 9.97 Å². The number of anilines is 1. The van der Waals surface area contributed by atoms with Gasteiger partial charge in [0.25, 0.3) is 0 Å². The monoisotopic (exact) mass is 283 g/mol. The lowest BCUT2D eigenvalue weighted by Crippen LogP contribution is -2.50. The summed E-state index contributed by atoms with van der Waals surface area (Å²) in [6.45, 7) is 0.751. The molecule has 2 heterocycles. The number of carbonyl (C=O) groups is 1. The molecule has 1 aliphatic heterocycles. The zero-order chi connectivity index (χ0) is 14.6. The minimum absolute atomic E-state index is 0.158. The average molecular weight is 283 g/mol. The van der Waals surface area contributed by atoms with E-state index in [1.54, 1.807) is 0 Å². The van der Waals surface area contributed by atoms with Crippen molar-refractivity contribution < 1.29 is 24.1 Å². The van der Waals surface area contributed by atoms with Crippen LogP contribution >= 0.6 is 0 Å². The second-order valence-corrected chi connectivity index (χ2v) is 4.40. The molecule has 0 unspecified atom stereocenters. The molecular weight excluding hydrogens is 266 g/mol. The Morgan fingerprint density at radius 3 is 2.30 bits per heavy atom. The molecule has 0 atom stereocenters. The first-order valence-electron chi connectivity index (χ1n) is 6.16. The lowest BCUT2D eigenvalue weighted by Gasteiger charge is -2.33. The van der Waals surface area contributed by atoms with Crippen LogP contribution in [0.3, 0.4) is 0 Å². The molecule has 2 N–H and O–H groups in total. The molecule has 8 nitrogen and oxygen atoms in total. The summed E-state index contributed by atoms with van der Waals surface area (Å²) in [5, 5.41) is 12.3. The maximum absolute atomic E-state index is 11.6. The van der Waals surface area contributed by atoms with Gasteiger partial charge >= 0.3 is 5.97 Å². The molecule has 1 aromatic heterocycles. The normalized spacial score (nSPS) is 17.3. The number of rotatable bonds is 5. The van der Waals surface area contributed by atoms with E-state index in [2.05, 4.69) is 15.3 Å². The molecule has 0 saturated carbocycles. The number of nitrogens with one attached hydrogen (secondary N) is 1. The quantitative estimate of drug-likeness (QED) is 0.807. The van der Waals surface area contributed by atoms with Crippen molar-refractivity contribution in [2.75, 3.05) is 32.8 Å². The predicted octanol–water partition coefficient (Wildman–Crippen LogP) is 0.539. The molecule has 8 heteroatoms. The SMILES string of the molecule is COc1cc(OC)nc(NC2(C(=O)O)CCOCC2)n1. The van der Waals surface area contributed by atoms with Crippen molar-refractivity contribution >= 4 is 11.9 Å². The Morgan fingerprint density at radius 2 is 1.85 bits per heavy atom. The summed E-state index contributed by atoms with van der Waals surface area (Å²) in [4.78, 5) is 19.7. The van der Waals surface area contributed by atoms with Crippen LogP contribution in [0.1, 0.15) is 12.8 Å². The molecule has 1 aromatic rings. The third-order valence-electron chi connectivity index (χ3n) is 3.20. The van der Waals surface area contributed by atoms with Crippen molar-refractivity contribution in [3.63, 3.8) is 0 Å². The Morgan fingerprint density at radius 1 is 1.30 bits per heavy atom. The largest absolute Gasteiger partial charge is 0.481 e. The van der Waals surface area contributed by atoms with Gasteiger partial charge in [0.2, 0.25) is 17.7 Å². The first-order valence-corrected chi connectivity index (χ1v) is 6.16. The van der Waals surface area contributed by atoms with E-state index in [1.807, 2.05) is 0 Å².